The molecule has 3 amide bonds. The van der Waals surface area contributed by atoms with Gasteiger partial charge in [-0.15, -0.1) is 0 Å². The van der Waals surface area contributed by atoms with E-state index in [-0.39, 0.29) is 68.5 Å². The second kappa shape index (κ2) is 16.1. The van der Waals surface area contributed by atoms with E-state index >= 15 is 0 Å². The first-order valence-corrected chi connectivity index (χ1v) is 15.8. The minimum absolute atomic E-state index is 0. The molecule has 0 N–H and O–H groups in total. The van der Waals surface area contributed by atoms with Gasteiger partial charge < -0.3 is 28.2 Å². The van der Waals surface area contributed by atoms with Crippen LogP contribution >= 0.6 is 0 Å². The predicted molar refractivity (Wildman–Crippen MR) is 162 cm³/mol. The zero-order valence-electron chi connectivity index (χ0n) is 29.4. The van der Waals surface area contributed by atoms with Crippen LogP contribution in [0.5, 0.6) is 0 Å². The molecular weight excluding hydrogens is 628 g/mol. The largest absolute Gasteiger partial charge is 1.00 e. The maximum absolute atomic E-state index is 13.4. The van der Waals surface area contributed by atoms with Crippen LogP contribution < -0.4 is 29.6 Å². The van der Waals surface area contributed by atoms with Crippen LogP contribution in [-0.4, -0.2) is 113 Å². The molecule has 3 aliphatic rings. The van der Waals surface area contributed by atoms with Crippen molar-refractivity contribution < 1.29 is 86.5 Å². The molecule has 3 atom stereocenters. The van der Waals surface area contributed by atoms with E-state index in [9.17, 15) is 28.8 Å². The summed E-state index contributed by atoms with van der Waals surface area (Å²) in [5.41, 5.74) is -2.45. The Morgan fingerprint density at radius 2 is 0.723 bits per heavy atom. The Labute approximate surface area is 299 Å². The minimum atomic E-state index is -2.17. The van der Waals surface area contributed by atoms with Crippen molar-refractivity contribution in [3.05, 3.63) is 0 Å². The van der Waals surface area contributed by atoms with E-state index in [1.54, 1.807) is 62.3 Å². The molecule has 3 rings (SSSR count). The monoisotopic (exact) mass is 676 g/mol. The van der Waals surface area contributed by atoms with Crippen LogP contribution in [0.25, 0.3) is 0 Å². The van der Waals surface area contributed by atoms with E-state index in [0.29, 0.717) is 19.3 Å². The second-order valence-electron chi connectivity index (χ2n) is 14.6. The van der Waals surface area contributed by atoms with Crippen LogP contribution in [0.4, 0.5) is 14.4 Å². The standard InChI is InChI=1S/C30H48BN3O12.Na/c1-28(2,3)41-25(38)32-16-10-13-19(32)22(35)44-31(45-23(36)20-14-11-17-33(20)26(39)42-29(4,5)6)46-24(37)21-15-12-18-34(21)27(40)43-30(7,8)9;/h19-21H,10-18H2,1-9H3;/q-1;+1/t19-,20-,21+;/m1./s1. The molecule has 15 nitrogen and oxygen atoms in total. The van der Waals surface area contributed by atoms with Gasteiger partial charge in [0.05, 0.1) is 0 Å². The quantitative estimate of drug-likeness (QED) is 0.287. The van der Waals surface area contributed by atoms with E-state index in [4.69, 9.17) is 28.2 Å². The van der Waals surface area contributed by atoms with Gasteiger partial charge in [-0.3, -0.25) is 29.1 Å². The number of amides is 3. The van der Waals surface area contributed by atoms with Gasteiger partial charge in [-0.1, -0.05) is 0 Å². The molecule has 0 aromatic rings. The molecule has 17 heteroatoms. The molecular formula is C30H48BN3NaO12. The molecule has 259 valence electrons. The summed E-state index contributed by atoms with van der Waals surface area (Å²) in [7, 11) is -2.17. The summed E-state index contributed by atoms with van der Waals surface area (Å²) in [5, 5.41) is 0. The third kappa shape index (κ3) is 12.0. The van der Waals surface area contributed by atoms with Gasteiger partial charge in [-0.05, 0) is 101 Å². The number of ether oxygens (including phenoxy) is 3. The fourth-order valence-corrected chi connectivity index (χ4v) is 5.24. The Hall–Kier alpha value is -2.72. The summed E-state index contributed by atoms with van der Waals surface area (Å²) in [6.07, 6.45) is -0.0548. The van der Waals surface area contributed by atoms with Crippen LogP contribution in [0, 0.1) is 0 Å². The van der Waals surface area contributed by atoms with Crippen molar-refractivity contribution in [2.45, 2.75) is 136 Å². The Balaban J connectivity index is 0.00000768. The average molecular weight is 677 g/mol. The van der Waals surface area contributed by atoms with E-state index < -0.39 is 78.4 Å². The molecule has 3 aliphatic heterocycles. The van der Waals surface area contributed by atoms with Crippen molar-refractivity contribution in [2.75, 3.05) is 19.6 Å². The van der Waals surface area contributed by atoms with Crippen molar-refractivity contribution >= 4 is 43.5 Å². The third-order valence-corrected chi connectivity index (χ3v) is 7.10. The summed E-state index contributed by atoms with van der Waals surface area (Å²) in [4.78, 5) is 82.1. The molecule has 0 unspecified atom stereocenters. The summed E-state index contributed by atoms with van der Waals surface area (Å²) in [6.45, 7) is 15.9. The second-order valence-corrected chi connectivity index (χ2v) is 14.6. The Morgan fingerprint density at radius 1 is 0.489 bits per heavy atom. The van der Waals surface area contributed by atoms with E-state index in [2.05, 4.69) is 0 Å². The zero-order valence-corrected chi connectivity index (χ0v) is 31.4. The van der Waals surface area contributed by atoms with Crippen LogP contribution in [0.3, 0.4) is 0 Å². The number of likely N-dealkylation sites (tertiary alicyclic amines) is 3. The first-order valence-electron chi connectivity index (χ1n) is 15.8. The third-order valence-electron chi connectivity index (χ3n) is 7.10. The molecule has 0 aromatic heterocycles. The average Bonchev–Trinajstić information content (AvgIpc) is 3.66. The Bertz CT molecular complexity index is 1040. The van der Waals surface area contributed by atoms with Gasteiger partial charge in [-0.25, -0.2) is 14.4 Å². The molecule has 3 fully saturated rings. The van der Waals surface area contributed by atoms with Gasteiger partial charge in [0, 0.05) is 19.6 Å². The molecule has 0 aromatic carbocycles. The molecule has 0 spiro atoms. The number of nitrogens with zero attached hydrogens (tertiary/aromatic N) is 3. The molecule has 0 aliphatic carbocycles. The van der Waals surface area contributed by atoms with E-state index in [0.717, 1.165) is 0 Å². The van der Waals surface area contributed by atoms with Crippen LogP contribution in [0.1, 0.15) is 101 Å². The number of carbonyl (C=O) groups excluding carboxylic acids is 6. The van der Waals surface area contributed by atoms with Gasteiger partial charge in [-0.2, -0.15) is 0 Å². The Kier molecular flexibility index (Phi) is 13.9. The van der Waals surface area contributed by atoms with Gasteiger partial charge in [0.15, 0.2) is 0 Å². The molecule has 1 radical (unpaired) electrons. The summed E-state index contributed by atoms with van der Waals surface area (Å²) in [6, 6.07) is -3.28. The smallest absolute Gasteiger partial charge is 0.641 e. The topological polar surface area (TPSA) is 168 Å². The van der Waals surface area contributed by atoms with Crippen molar-refractivity contribution in [3.63, 3.8) is 0 Å². The van der Waals surface area contributed by atoms with E-state index in [1.165, 1.54) is 14.7 Å². The van der Waals surface area contributed by atoms with Crippen LogP contribution in [0.2, 0.25) is 0 Å². The normalized spacial score (nSPS) is 21.6. The first kappa shape index (κ1) is 40.5. The molecule has 0 saturated carbocycles. The number of hydrogen-bond acceptors (Lipinski definition) is 12. The van der Waals surface area contributed by atoms with Gasteiger partial charge in [0.25, 0.3) is 17.9 Å². The van der Waals surface area contributed by atoms with Crippen molar-refractivity contribution in [3.8, 4) is 0 Å². The predicted octanol–water partition coefficient (Wildman–Crippen LogP) is 0.803. The zero-order chi connectivity index (χ0) is 34.6. The maximum atomic E-state index is 13.4. The van der Waals surface area contributed by atoms with Crippen molar-refractivity contribution in [1.82, 2.24) is 14.7 Å². The summed E-state index contributed by atoms with van der Waals surface area (Å²) in [5.74, 6) is -2.96. The minimum Gasteiger partial charge on any atom is -0.641 e. The van der Waals surface area contributed by atoms with Crippen LogP contribution in [-0.2, 0) is 42.6 Å². The first-order chi connectivity index (χ1) is 21.1. The summed E-state index contributed by atoms with van der Waals surface area (Å²) >= 11 is 0. The number of carbonyl (C=O) groups is 6. The number of hydrogen-bond donors (Lipinski definition) is 0. The fourth-order valence-electron chi connectivity index (χ4n) is 5.24. The van der Waals surface area contributed by atoms with Crippen molar-refractivity contribution in [1.29, 1.82) is 0 Å². The van der Waals surface area contributed by atoms with Gasteiger partial charge >= 0.3 is 55.2 Å². The van der Waals surface area contributed by atoms with Gasteiger partial charge in [0.2, 0.25) is 0 Å². The van der Waals surface area contributed by atoms with E-state index in [1.807, 2.05) is 0 Å². The molecule has 3 saturated heterocycles. The Morgan fingerprint density at radius 3 is 0.936 bits per heavy atom. The molecule has 0 bridgehead atoms. The SMILES string of the molecule is CC(C)(C)OC(=O)N1CCC[C@@H]1C(=O)O[B-](OC(=O)[C@H]1CCCN1C(=O)OC(C)(C)C)OC(=O)[C@@H]1CCCN1C(=O)OC(C)(C)C.[Na+]. The number of rotatable bonds is 6. The maximum Gasteiger partial charge on any atom is 1.00 e. The fraction of sp³-hybridized carbons (Fsp3) is 0.800. The molecule has 47 heavy (non-hydrogen) atoms. The summed E-state index contributed by atoms with van der Waals surface area (Å²) < 4.78 is 32.5. The van der Waals surface area contributed by atoms with Crippen LogP contribution in [0.15, 0.2) is 0 Å². The van der Waals surface area contributed by atoms with Crippen molar-refractivity contribution in [2.24, 2.45) is 0 Å². The molecule has 3 heterocycles. The van der Waals surface area contributed by atoms with Gasteiger partial charge in [0.1, 0.15) is 34.9 Å².